The minimum Gasteiger partial charge on any atom is -0.472 e. The van der Waals surface area contributed by atoms with Crippen LogP contribution in [0.4, 0.5) is 5.82 Å². The number of hydrogen-bond donors (Lipinski definition) is 0. The lowest BCUT2D eigenvalue weighted by atomic mass is 10.3. The summed E-state index contributed by atoms with van der Waals surface area (Å²) in [5.41, 5.74) is 0. The Bertz CT molecular complexity index is 701. The number of carbonyl (C=O) groups excluding carboxylic acids is 1. The number of ether oxygens (including phenoxy) is 1. The summed E-state index contributed by atoms with van der Waals surface area (Å²) in [5, 5.41) is 0. The lowest BCUT2D eigenvalue weighted by Crippen LogP contribution is -2.30. The van der Waals surface area contributed by atoms with Crippen LogP contribution in [0.25, 0.3) is 0 Å². The molecule has 1 saturated heterocycles. The van der Waals surface area contributed by atoms with Crippen molar-refractivity contribution in [3.63, 3.8) is 0 Å². The minimum absolute atomic E-state index is 0.0232. The summed E-state index contributed by atoms with van der Waals surface area (Å²) >= 11 is 1.53. The summed E-state index contributed by atoms with van der Waals surface area (Å²) in [5.74, 6) is 1.44. The van der Waals surface area contributed by atoms with E-state index in [1.807, 2.05) is 49.0 Å². The number of aryl methyl sites for hydroxylation is 1. The molecule has 3 heterocycles. The van der Waals surface area contributed by atoms with E-state index in [1.165, 1.54) is 17.7 Å². The predicted molar refractivity (Wildman–Crippen MR) is 90.4 cm³/mol. The Morgan fingerprint density at radius 1 is 1.39 bits per heavy atom. The van der Waals surface area contributed by atoms with E-state index < -0.39 is 0 Å². The molecule has 1 atom stereocenters. The Kier molecular flexibility index (Phi) is 4.47. The van der Waals surface area contributed by atoms with Gasteiger partial charge in [0.15, 0.2) is 0 Å². The molecule has 2 aromatic heterocycles. The molecule has 1 amide bonds. The van der Waals surface area contributed by atoms with Crippen LogP contribution >= 0.6 is 11.3 Å². The van der Waals surface area contributed by atoms with Crippen LogP contribution in [0.5, 0.6) is 5.88 Å². The molecule has 0 aromatic carbocycles. The molecule has 6 nitrogen and oxygen atoms in total. The van der Waals surface area contributed by atoms with Crippen molar-refractivity contribution in [2.45, 2.75) is 19.4 Å². The third-order valence-corrected chi connectivity index (χ3v) is 4.75. The van der Waals surface area contributed by atoms with Gasteiger partial charge in [0.2, 0.25) is 5.88 Å². The first-order chi connectivity index (χ1) is 11.0. The topological polar surface area (TPSA) is 58.6 Å². The summed E-state index contributed by atoms with van der Waals surface area (Å²) in [6, 6.07) is 5.68. The molecular formula is C16H20N4O2S. The average Bonchev–Trinajstić information content (AvgIpc) is 3.16. The molecule has 0 saturated carbocycles. The molecule has 0 bridgehead atoms. The van der Waals surface area contributed by atoms with Crippen LogP contribution in [0.3, 0.4) is 0 Å². The van der Waals surface area contributed by atoms with Gasteiger partial charge in [0.1, 0.15) is 18.2 Å². The van der Waals surface area contributed by atoms with Crippen molar-refractivity contribution in [2.24, 2.45) is 0 Å². The lowest BCUT2D eigenvalue weighted by Gasteiger charge is -2.17. The van der Waals surface area contributed by atoms with Gasteiger partial charge in [-0.2, -0.15) is 0 Å². The zero-order chi connectivity index (χ0) is 16.4. The third kappa shape index (κ3) is 3.61. The van der Waals surface area contributed by atoms with Gasteiger partial charge in [0.25, 0.3) is 5.91 Å². The number of thiophene rings is 1. The predicted octanol–water partition coefficient (Wildman–Crippen LogP) is 2.21. The average molecular weight is 332 g/mol. The van der Waals surface area contributed by atoms with Crippen LogP contribution in [0.1, 0.15) is 21.0 Å². The second kappa shape index (κ2) is 6.54. The van der Waals surface area contributed by atoms with Crippen molar-refractivity contribution in [3.05, 3.63) is 34.3 Å². The van der Waals surface area contributed by atoms with Crippen molar-refractivity contribution < 1.29 is 9.53 Å². The van der Waals surface area contributed by atoms with Gasteiger partial charge >= 0.3 is 0 Å². The molecule has 0 aliphatic carbocycles. The van der Waals surface area contributed by atoms with Gasteiger partial charge in [-0.05, 0) is 19.1 Å². The molecule has 0 N–H and O–H groups in total. The van der Waals surface area contributed by atoms with Crippen LogP contribution in [0, 0.1) is 6.92 Å². The molecule has 1 aliphatic heterocycles. The Balaban J connectivity index is 1.62. The molecule has 23 heavy (non-hydrogen) atoms. The molecule has 0 unspecified atom stereocenters. The Morgan fingerprint density at radius 3 is 2.91 bits per heavy atom. The number of likely N-dealkylation sites (tertiary alicyclic amines) is 1. The molecule has 0 spiro atoms. The molecule has 122 valence electrons. The number of carbonyl (C=O) groups is 1. The Hall–Kier alpha value is -2.15. The Morgan fingerprint density at radius 2 is 2.22 bits per heavy atom. The maximum atomic E-state index is 12.5. The molecule has 3 rings (SSSR count). The highest BCUT2D eigenvalue weighted by atomic mass is 32.1. The van der Waals surface area contributed by atoms with Gasteiger partial charge in [0.05, 0.1) is 11.4 Å². The fourth-order valence-corrected chi connectivity index (χ4v) is 3.36. The zero-order valence-electron chi connectivity index (χ0n) is 13.5. The molecule has 7 heteroatoms. The second-order valence-electron chi connectivity index (χ2n) is 5.80. The highest BCUT2D eigenvalue weighted by molar-refractivity contribution is 7.13. The quantitative estimate of drug-likeness (QED) is 0.859. The highest BCUT2D eigenvalue weighted by Gasteiger charge is 2.29. The van der Waals surface area contributed by atoms with Crippen LogP contribution in [0.2, 0.25) is 0 Å². The summed E-state index contributed by atoms with van der Waals surface area (Å²) < 4.78 is 5.92. The standard InChI is InChI=1S/C16H20N4O2S/c1-11-4-5-13(23-11)16(21)20-7-6-12(9-20)22-15-8-14(19(2)3)17-10-18-15/h4-5,8,10,12H,6-7,9H2,1-3H3/t12-/m1/s1. The van der Waals surface area contributed by atoms with Crippen molar-refractivity contribution in [3.8, 4) is 5.88 Å². The largest absolute Gasteiger partial charge is 0.472 e. The summed E-state index contributed by atoms with van der Waals surface area (Å²) in [7, 11) is 3.84. The van der Waals surface area contributed by atoms with Gasteiger partial charge in [-0.3, -0.25) is 4.79 Å². The fourth-order valence-electron chi connectivity index (χ4n) is 2.52. The molecule has 0 radical (unpaired) electrons. The van der Waals surface area contributed by atoms with E-state index in [0.29, 0.717) is 19.0 Å². The number of anilines is 1. The van der Waals surface area contributed by atoms with Crippen molar-refractivity contribution in [1.82, 2.24) is 14.9 Å². The third-order valence-electron chi connectivity index (χ3n) is 3.76. The minimum atomic E-state index is -0.0232. The second-order valence-corrected chi connectivity index (χ2v) is 7.09. The smallest absolute Gasteiger partial charge is 0.264 e. The van der Waals surface area contributed by atoms with Crippen LogP contribution in [-0.4, -0.2) is 54.1 Å². The lowest BCUT2D eigenvalue weighted by molar-refractivity contribution is 0.0776. The van der Waals surface area contributed by atoms with Crippen molar-refractivity contribution in [2.75, 3.05) is 32.1 Å². The normalized spacial score (nSPS) is 17.3. The van der Waals surface area contributed by atoms with E-state index in [0.717, 1.165) is 22.0 Å². The summed E-state index contributed by atoms with van der Waals surface area (Å²) in [4.78, 5) is 26.5. The van der Waals surface area contributed by atoms with Gasteiger partial charge in [-0.15, -0.1) is 11.3 Å². The monoisotopic (exact) mass is 332 g/mol. The van der Waals surface area contributed by atoms with E-state index in [1.54, 1.807) is 0 Å². The van der Waals surface area contributed by atoms with Crippen LogP contribution in [0.15, 0.2) is 24.5 Å². The highest BCUT2D eigenvalue weighted by Crippen LogP contribution is 2.23. The summed E-state index contributed by atoms with van der Waals surface area (Å²) in [6.07, 6.45) is 2.29. The number of rotatable bonds is 4. The SMILES string of the molecule is Cc1ccc(C(=O)N2CC[C@@H](Oc3cc(N(C)C)ncn3)C2)s1. The molecular weight excluding hydrogens is 312 g/mol. The van der Waals surface area contributed by atoms with E-state index in [9.17, 15) is 4.79 Å². The van der Waals surface area contributed by atoms with E-state index in [-0.39, 0.29) is 12.0 Å². The first kappa shape index (κ1) is 15.7. The summed E-state index contributed by atoms with van der Waals surface area (Å²) in [6.45, 7) is 3.32. The zero-order valence-corrected chi connectivity index (χ0v) is 14.3. The van der Waals surface area contributed by atoms with Crippen molar-refractivity contribution in [1.29, 1.82) is 0 Å². The molecule has 1 aliphatic rings. The van der Waals surface area contributed by atoms with Crippen LogP contribution in [-0.2, 0) is 0 Å². The first-order valence-corrected chi connectivity index (χ1v) is 8.36. The van der Waals surface area contributed by atoms with E-state index in [4.69, 9.17) is 4.74 Å². The van der Waals surface area contributed by atoms with E-state index >= 15 is 0 Å². The van der Waals surface area contributed by atoms with Gasteiger partial charge < -0.3 is 14.5 Å². The van der Waals surface area contributed by atoms with E-state index in [2.05, 4.69) is 9.97 Å². The van der Waals surface area contributed by atoms with Gasteiger partial charge in [-0.25, -0.2) is 9.97 Å². The fraction of sp³-hybridized carbons (Fsp3) is 0.438. The molecule has 1 fully saturated rings. The van der Waals surface area contributed by atoms with Crippen molar-refractivity contribution >= 4 is 23.1 Å². The first-order valence-electron chi connectivity index (χ1n) is 7.54. The number of aromatic nitrogens is 2. The number of hydrogen-bond acceptors (Lipinski definition) is 6. The maximum Gasteiger partial charge on any atom is 0.264 e. The van der Waals surface area contributed by atoms with Crippen LogP contribution < -0.4 is 9.64 Å². The number of nitrogens with zero attached hydrogens (tertiary/aromatic N) is 4. The maximum absolute atomic E-state index is 12.5. The molecule has 2 aromatic rings. The van der Waals surface area contributed by atoms with Gasteiger partial charge in [-0.1, -0.05) is 0 Å². The Labute approximate surface area is 139 Å². The number of amides is 1. The van der Waals surface area contributed by atoms with Gasteiger partial charge in [0, 0.05) is 38.0 Å².